The fourth-order valence-corrected chi connectivity index (χ4v) is 2.58. The van der Waals surface area contributed by atoms with Gasteiger partial charge in [-0.05, 0) is 47.4 Å². The van der Waals surface area contributed by atoms with Crippen LogP contribution in [0.2, 0.25) is 0 Å². The maximum atomic E-state index is 11.1. The largest absolute Gasteiger partial charge is 0.481 e. The first-order valence-corrected chi connectivity index (χ1v) is 6.34. The van der Waals surface area contributed by atoms with E-state index >= 15 is 0 Å². The van der Waals surface area contributed by atoms with Gasteiger partial charge in [0.1, 0.15) is 0 Å². The van der Waals surface area contributed by atoms with Crippen LogP contribution in [0.3, 0.4) is 0 Å². The van der Waals surface area contributed by atoms with Crippen LogP contribution in [0.4, 0.5) is 0 Å². The molecule has 1 aromatic heterocycles. The van der Waals surface area contributed by atoms with Gasteiger partial charge in [-0.15, -0.1) is 0 Å². The van der Waals surface area contributed by atoms with Gasteiger partial charge in [0.05, 0.1) is 5.41 Å². The molecule has 0 saturated carbocycles. The van der Waals surface area contributed by atoms with Crippen LogP contribution in [-0.2, 0) is 11.3 Å². The van der Waals surface area contributed by atoms with Crippen molar-refractivity contribution >= 4 is 21.9 Å². The Hall–Kier alpha value is -0.940. The summed E-state index contributed by atoms with van der Waals surface area (Å²) in [5.74, 6) is -0.702. The summed E-state index contributed by atoms with van der Waals surface area (Å²) in [5.41, 5.74) is 0.508. The number of carboxylic acids is 1. The molecule has 0 aromatic carbocycles. The number of aliphatic carboxylic acids is 1. The van der Waals surface area contributed by atoms with E-state index in [9.17, 15) is 4.79 Å². The first-order chi connectivity index (χ1) is 7.99. The lowest BCUT2D eigenvalue weighted by Gasteiger charge is -2.19. The molecular formula is C12H15BrN2O2. The minimum absolute atomic E-state index is 0.598. The number of halogens is 1. The average Bonchev–Trinajstić information content (AvgIpc) is 2.61. The third kappa shape index (κ3) is 2.84. The lowest BCUT2D eigenvalue weighted by molar-refractivity contribution is -0.147. The van der Waals surface area contributed by atoms with Crippen molar-refractivity contribution < 1.29 is 9.90 Å². The van der Waals surface area contributed by atoms with Crippen LogP contribution in [0.5, 0.6) is 0 Å². The quantitative estimate of drug-likeness (QED) is 0.929. The summed E-state index contributed by atoms with van der Waals surface area (Å²) in [4.78, 5) is 17.4. The Bertz CT molecular complexity index is 438. The number of pyridine rings is 1. The van der Waals surface area contributed by atoms with E-state index in [1.807, 2.05) is 19.2 Å². The van der Waals surface area contributed by atoms with Crippen LogP contribution in [0.25, 0.3) is 0 Å². The molecule has 92 valence electrons. The van der Waals surface area contributed by atoms with Crippen LogP contribution < -0.4 is 0 Å². The molecule has 1 aromatic rings. The number of nitrogens with zero attached hydrogens (tertiary/aromatic N) is 2. The Morgan fingerprint density at radius 1 is 1.65 bits per heavy atom. The van der Waals surface area contributed by atoms with E-state index < -0.39 is 11.4 Å². The van der Waals surface area contributed by atoms with Gasteiger partial charge in [0.15, 0.2) is 0 Å². The highest BCUT2D eigenvalue weighted by Crippen LogP contribution is 2.31. The predicted molar refractivity (Wildman–Crippen MR) is 67.6 cm³/mol. The highest BCUT2D eigenvalue weighted by molar-refractivity contribution is 9.10. The molecule has 1 unspecified atom stereocenters. The van der Waals surface area contributed by atoms with E-state index in [1.54, 1.807) is 6.20 Å². The lowest BCUT2D eigenvalue weighted by Crippen LogP contribution is -2.31. The monoisotopic (exact) mass is 298 g/mol. The van der Waals surface area contributed by atoms with Gasteiger partial charge in [-0.3, -0.25) is 14.7 Å². The number of carbonyl (C=O) groups is 1. The zero-order valence-electron chi connectivity index (χ0n) is 9.69. The molecule has 0 spiro atoms. The van der Waals surface area contributed by atoms with Gasteiger partial charge in [-0.1, -0.05) is 0 Å². The zero-order chi connectivity index (χ0) is 12.5. The van der Waals surface area contributed by atoms with Crippen LogP contribution >= 0.6 is 15.9 Å². The molecule has 1 aliphatic rings. The second-order valence-corrected chi connectivity index (χ2v) is 5.75. The molecule has 2 heterocycles. The molecule has 4 nitrogen and oxygen atoms in total. The Labute approximate surface area is 109 Å². The zero-order valence-corrected chi connectivity index (χ0v) is 11.3. The third-order valence-electron chi connectivity index (χ3n) is 3.24. The summed E-state index contributed by atoms with van der Waals surface area (Å²) < 4.78 is 0.954. The van der Waals surface area contributed by atoms with Gasteiger partial charge >= 0.3 is 5.97 Å². The minimum Gasteiger partial charge on any atom is -0.481 e. The number of carboxylic acid groups (broad SMARTS) is 1. The van der Waals surface area contributed by atoms with Gasteiger partial charge in [-0.2, -0.15) is 0 Å². The first-order valence-electron chi connectivity index (χ1n) is 5.55. The molecule has 0 bridgehead atoms. The summed E-state index contributed by atoms with van der Waals surface area (Å²) >= 11 is 3.38. The molecule has 2 rings (SSSR count). The normalized spacial score (nSPS) is 25.1. The standard InChI is InChI=1S/C12H15BrN2O2/c1-12(11(16)17)2-3-15(8-12)7-9-4-10(13)6-14-5-9/h4-6H,2-3,7-8H2,1H3,(H,16,17). The molecule has 1 aliphatic heterocycles. The topological polar surface area (TPSA) is 53.4 Å². The Kier molecular flexibility index (Phi) is 3.49. The Balaban J connectivity index is 2.01. The van der Waals surface area contributed by atoms with Gasteiger partial charge in [0.25, 0.3) is 0 Å². The van der Waals surface area contributed by atoms with Gasteiger partial charge in [0, 0.05) is 30.0 Å². The SMILES string of the molecule is CC1(C(=O)O)CCN(Cc2cncc(Br)c2)C1. The van der Waals surface area contributed by atoms with Crippen molar-refractivity contribution in [2.24, 2.45) is 5.41 Å². The van der Waals surface area contributed by atoms with Crippen molar-refractivity contribution in [3.63, 3.8) is 0 Å². The summed E-state index contributed by atoms with van der Waals surface area (Å²) in [6.07, 6.45) is 4.28. The average molecular weight is 299 g/mol. The molecule has 1 fully saturated rings. The summed E-state index contributed by atoms with van der Waals surface area (Å²) in [6.45, 7) is 4.01. The van der Waals surface area contributed by atoms with Crippen molar-refractivity contribution in [2.75, 3.05) is 13.1 Å². The van der Waals surface area contributed by atoms with E-state index in [4.69, 9.17) is 5.11 Å². The predicted octanol–water partition coefficient (Wildman–Crippen LogP) is 2.14. The van der Waals surface area contributed by atoms with Crippen molar-refractivity contribution in [2.45, 2.75) is 19.9 Å². The molecule has 0 radical (unpaired) electrons. The molecule has 0 amide bonds. The molecule has 1 atom stereocenters. The number of hydrogen-bond acceptors (Lipinski definition) is 3. The fraction of sp³-hybridized carbons (Fsp3) is 0.500. The van der Waals surface area contributed by atoms with E-state index in [0.29, 0.717) is 13.0 Å². The summed E-state index contributed by atoms with van der Waals surface area (Å²) in [7, 11) is 0. The van der Waals surface area contributed by atoms with E-state index in [1.165, 1.54) is 0 Å². The van der Waals surface area contributed by atoms with Crippen molar-refractivity contribution in [1.82, 2.24) is 9.88 Å². The Morgan fingerprint density at radius 3 is 3.00 bits per heavy atom. The van der Waals surface area contributed by atoms with Gasteiger partial charge < -0.3 is 5.11 Å². The van der Waals surface area contributed by atoms with Crippen LogP contribution in [0.1, 0.15) is 18.9 Å². The van der Waals surface area contributed by atoms with Crippen LogP contribution in [-0.4, -0.2) is 34.0 Å². The maximum Gasteiger partial charge on any atom is 0.310 e. The highest BCUT2D eigenvalue weighted by Gasteiger charge is 2.40. The van der Waals surface area contributed by atoms with Crippen molar-refractivity contribution in [3.05, 3.63) is 28.5 Å². The van der Waals surface area contributed by atoms with Crippen LogP contribution in [0, 0.1) is 5.41 Å². The minimum atomic E-state index is -0.702. The van der Waals surface area contributed by atoms with Crippen molar-refractivity contribution in [1.29, 1.82) is 0 Å². The van der Waals surface area contributed by atoms with E-state index in [0.717, 1.165) is 23.1 Å². The first kappa shape index (κ1) is 12.5. The second-order valence-electron chi connectivity index (χ2n) is 4.84. The summed E-state index contributed by atoms with van der Waals surface area (Å²) in [6, 6.07) is 2.02. The van der Waals surface area contributed by atoms with Crippen LogP contribution in [0.15, 0.2) is 22.9 Å². The number of likely N-dealkylation sites (tertiary alicyclic amines) is 1. The third-order valence-corrected chi connectivity index (χ3v) is 3.67. The molecule has 5 heteroatoms. The smallest absolute Gasteiger partial charge is 0.310 e. The number of hydrogen-bond donors (Lipinski definition) is 1. The molecule has 1 N–H and O–H groups in total. The van der Waals surface area contributed by atoms with Gasteiger partial charge in [-0.25, -0.2) is 0 Å². The van der Waals surface area contributed by atoms with E-state index in [-0.39, 0.29) is 0 Å². The van der Waals surface area contributed by atoms with E-state index in [2.05, 4.69) is 25.8 Å². The molecule has 17 heavy (non-hydrogen) atoms. The molecule has 1 saturated heterocycles. The lowest BCUT2D eigenvalue weighted by atomic mass is 9.90. The number of rotatable bonds is 3. The Morgan fingerprint density at radius 2 is 2.41 bits per heavy atom. The van der Waals surface area contributed by atoms with Crippen molar-refractivity contribution in [3.8, 4) is 0 Å². The van der Waals surface area contributed by atoms with Gasteiger partial charge in [0.2, 0.25) is 0 Å². The summed E-state index contributed by atoms with van der Waals surface area (Å²) in [5, 5.41) is 9.15. The fourth-order valence-electron chi connectivity index (χ4n) is 2.17. The highest BCUT2D eigenvalue weighted by atomic mass is 79.9. The molecule has 0 aliphatic carbocycles. The number of aromatic nitrogens is 1. The second kappa shape index (κ2) is 4.74. The molecular weight excluding hydrogens is 284 g/mol. The maximum absolute atomic E-state index is 11.1.